The van der Waals surface area contributed by atoms with E-state index in [-0.39, 0.29) is 6.29 Å². The second kappa shape index (κ2) is 7.35. The van der Waals surface area contributed by atoms with E-state index in [9.17, 15) is 22.4 Å². The number of halogens is 4. The first kappa shape index (κ1) is 16.6. The van der Waals surface area contributed by atoms with Gasteiger partial charge in [-0.05, 0) is 25.2 Å². The van der Waals surface area contributed by atoms with Crippen molar-refractivity contribution >= 4 is 6.29 Å². The van der Waals surface area contributed by atoms with Crippen LogP contribution in [-0.4, -0.2) is 44.4 Å². The molecule has 20 heavy (non-hydrogen) atoms. The molecule has 1 N–H and O–H groups in total. The van der Waals surface area contributed by atoms with E-state index in [4.69, 9.17) is 0 Å². The molecular formula is C13H16F4N2O. The Kier molecular flexibility index (Phi) is 6.09. The normalized spacial score (nSPS) is 16.2. The Morgan fingerprint density at radius 2 is 1.85 bits per heavy atom. The number of aldehydes is 1. The van der Waals surface area contributed by atoms with E-state index in [0.717, 1.165) is 13.1 Å². The first-order valence-corrected chi connectivity index (χ1v) is 6.06. The second-order valence-electron chi connectivity index (χ2n) is 4.40. The summed E-state index contributed by atoms with van der Waals surface area (Å²) in [4.78, 5) is 12.5. The van der Waals surface area contributed by atoms with Crippen molar-refractivity contribution in [3.05, 3.63) is 35.1 Å². The van der Waals surface area contributed by atoms with E-state index in [1.54, 1.807) is 0 Å². The third-order valence-electron chi connectivity index (χ3n) is 2.79. The lowest BCUT2D eigenvalue weighted by molar-refractivity contribution is -0.137. The van der Waals surface area contributed by atoms with Crippen LogP contribution in [0.2, 0.25) is 0 Å². The maximum absolute atomic E-state index is 12.4. The molecule has 1 saturated heterocycles. The van der Waals surface area contributed by atoms with Gasteiger partial charge >= 0.3 is 6.18 Å². The van der Waals surface area contributed by atoms with Gasteiger partial charge in [-0.1, -0.05) is 0 Å². The Bertz CT molecular complexity index is 442. The van der Waals surface area contributed by atoms with Crippen LogP contribution in [0.15, 0.2) is 18.2 Å². The van der Waals surface area contributed by atoms with Crippen LogP contribution in [-0.2, 0) is 6.18 Å². The molecule has 0 aromatic heterocycles. The van der Waals surface area contributed by atoms with Crippen molar-refractivity contribution in [3.63, 3.8) is 0 Å². The number of benzene rings is 1. The summed E-state index contributed by atoms with van der Waals surface area (Å²) in [5.74, 6) is -0.866. The van der Waals surface area contributed by atoms with Crippen molar-refractivity contribution in [2.75, 3.05) is 33.2 Å². The van der Waals surface area contributed by atoms with Crippen LogP contribution in [0.25, 0.3) is 0 Å². The molecule has 112 valence electrons. The Morgan fingerprint density at radius 3 is 2.25 bits per heavy atom. The molecule has 3 nitrogen and oxygen atoms in total. The summed E-state index contributed by atoms with van der Waals surface area (Å²) in [7, 11) is 2.15. The molecule has 7 heteroatoms. The minimum Gasteiger partial charge on any atom is -0.314 e. The highest BCUT2D eigenvalue weighted by molar-refractivity contribution is 5.77. The highest BCUT2D eigenvalue weighted by Crippen LogP contribution is 2.31. The minimum atomic E-state index is -4.62. The van der Waals surface area contributed by atoms with Crippen LogP contribution in [0, 0.1) is 5.82 Å². The molecule has 0 unspecified atom stereocenters. The van der Waals surface area contributed by atoms with E-state index in [2.05, 4.69) is 17.3 Å². The average molecular weight is 292 g/mol. The number of likely N-dealkylation sites (N-methyl/N-ethyl adjacent to an activating group) is 1. The van der Waals surface area contributed by atoms with Gasteiger partial charge in [-0.25, -0.2) is 4.39 Å². The lowest BCUT2D eigenvalue weighted by Crippen LogP contribution is -2.40. The van der Waals surface area contributed by atoms with Gasteiger partial charge < -0.3 is 10.2 Å². The maximum atomic E-state index is 12.4. The summed E-state index contributed by atoms with van der Waals surface area (Å²) in [6.45, 7) is 4.74. The van der Waals surface area contributed by atoms with Gasteiger partial charge in [0.15, 0.2) is 6.29 Å². The van der Waals surface area contributed by atoms with Crippen LogP contribution in [0.5, 0.6) is 0 Å². The summed E-state index contributed by atoms with van der Waals surface area (Å²) < 4.78 is 48.7. The highest BCUT2D eigenvalue weighted by Gasteiger charge is 2.33. The summed E-state index contributed by atoms with van der Waals surface area (Å²) in [5.41, 5.74) is -1.81. The zero-order valence-electron chi connectivity index (χ0n) is 11.0. The number of carbonyl (C=O) groups excluding carboxylic acids is 1. The number of nitrogens with one attached hydrogen (secondary N) is 1. The Balaban J connectivity index is 0.000000240. The van der Waals surface area contributed by atoms with E-state index >= 15 is 0 Å². The van der Waals surface area contributed by atoms with Crippen LogP contribution in [0.4, 0.5) is 17.6 Å². The topological polar surface area (TPSA) is 32.3 Å². The Hall–Kier alpha value is -1.47. The molecule has 0 aliphatic carbocycles. The summed E-state index contributed by atoms with van der Waals surface area (Å²) in [5, 5.41) is 3.27. The van der Waals surface area contributed by atoms with Crippen molar-refractivity contribution in [1.82, 2.24) is 10.2 Å². The molecule has 2 rings (SSSR count). The fourth-order valence-corrected chi connectivity index (χ4v) is 1.67. The lowest BCUT2D eigenvalue weighted by Gasteiger charge is -2.21. The molecule has 0 radical (unpaired) electrons. The van der Waals surface area contributed by atoms with Crippen molar-refractivity contribution in [3.8, 4) is 0 Å². The van der Waals surface area contributed by atoms with Gasteiger partial charge in [0.05, 0.1) is 5.56 Å². The maximum Gasteiger partial charge on any atom is 0.417 e. The third-order valence-corrected chi connectivity index (χ3v) is 2.79. The van der Waals surface area contributed by atoms with Gasteiger partial charge in [0, 0.05) is 31.7 Å². The SMILES string of the molecule is CN1CCNCC1.O=Cc1cc(F)ccc1C(F)(F)F. The van der Waals surface area contributed by atoms with Crippen LogP contribution in [0.3, 0.4) is 0 Å². The molecule has 0 bridgehead atoms. The van der Waals surface area contributed by atoms with E-state index < -0.39 is 23.1 Å². The molecule has 0 atom stereocenters. The number of rotatable bonds is 1. The Labute approximate surface area is 114 Å². The van der Waals surface area contributed by atoms with Crippen LogP contribution >= 0.6 is 0 Å². The summed E-state index contributed by atoms with van der Waals surface area (Å²) >= 11 is 0. The largest absolute Gasteiger partial charge is 0.417 e. The zero-order valence-corrected chi connectivity index (χ0v) is 11.0. The number of piperazine rings is 1. The van der Waals surface area contributed by atoms with E-state index in [1.165, 1.54) is 13.1 Å². The minimum absolute atomic E-state index is 0.0219. The van der Waals surface area contributed by atoms with Crippen molar-refractivity contribution in [1.29, 1.82) is 0 Å². The first-order valence-electron chi connectivity index (χ1n) is 6.06. The average Bonchev–Trinajstić information content (AvgIpc) is 2.38. The monoisotopic (exact) mass is 292 g/mol. The molecule has 1 aliphatic rings. The zero-order chi connectivity index (χ0) is 15.2. The predicted molar refractivity (Wildman–Crippen MR) is 67.2 cm³/mol. The number of alkyl halides is 3. The first-order chi connectivity index (χ1) is 9.34. The van der Waals surface area contributed by atoms with Gasteiger partial charge in [0.25, 0.3) is 0 Å². The molecule has 1 heterocycles. The number of hydrogen-bond acceptors (Lipinski definition) is 3. The van der Waals surface area contributed by atoms with Crippen molar-refractivity contribution in [2.24, 2.45) is 0 Å². The van der Waals surface area contributed by atoms with Gasteiger partial charge in [0.2, 0.25) is 0 Å². The van der Waals surface area contributed by atoms with Crippen molar-refractivity contribution < 1.29 is 22.4 Å². The smallest absolute Gasteiger partial charge is 0.314 e. The van der Waals surface area contributed by atoms with Gasteiger partial charge in [0.1, 0.15) is 5.82 Å². The molecule has 0 amide bonds. The fraction of sp³-hybridized carbons (Fsp3) is 0.462. The van der Waals surface area contributed by atoms with Gasteiger partial charge in [-0.3, -0.25) is 4.79 Å². The summed E-state index contributed by atoms with van der Waals surface area (Å²) in [6.07, 6.45) is -4.64. The molecule has 0 spiro atoms. The molecule has 1 aromatic rings. The van der Waals surface area contributed by atoms with Crippen LogP contribution < -0.4 is 5.32 Å². The van der Waals surface area contributed by atoms with Gasteiger partial charge in [-0.15, -0.1) is 0 Å². The van der Waals surface area contributed by atoms with Crippen LogP contribution in [0.1, 0.15) is 15.9 Å². The van der Waals surface area contributed by atoms with E-state index in [1.807, 2.05) is 0 Å². The molecule has 1 fully saturated rings. The summed E-state index contributed by atoms with van der Waals surface area (Å²) in [6, 6.07) is 1.75. The number of carbonyl (C=O) groups is 1. The van der Waals surface area contributed by atoms with Gasteiger partial charge in [-0.2, -0.15) is 13.2 Å². The lowest BCUT2D eigenvalue weighted by atomic mass is 10.1. The molecule has 1 aliphatic heterocycles. The third kappa shape index (κ3) is 5.26. The fourth-order valence-electron chi connectivity index (χ4n) is 1.67. The molecule has 1 aromatic carbocycles. The number of hydrogen-bond donors (Lipinski definition) is 1. The quantitative estimate of drug-likeness (QED) is 0.636. The standard InChI is InChI=1S/C8H4F4O.C5H12N2/c9-6-1-2-7(8(10,11)12)5(3-6)4-13;1-7-4-2-6-3-5-7/h1-4H;6H,2-5H2,1H3. The number of nitrogens with zero attached hydrogens (tertiary/aromatic N) is 1. The van der Waals surface area contributed by atoms with Crippen molar-refractivity contribution in [2.45, 2.75) is 6.18 Å². The van der Waals surface area contributed by atoms with E-state index in [0.29, 0.717) is 18.2 Å². The Morgan fingerprint density at radius 1 is 1.25 bits per heavy atom. The second-order valence-corrected chi connectivity index (χ2v) is 4.40. The predicted octanol–water partition coefficient (Wildman–Crippen LogP) is 2.18. The highest BCUT2D eigenvalue weighted by atomic mass is 19.4. The molecular weight excluding hydrogens is 276 g/mol. The molecule has 0 saturated carbocycles.